The molecule has 0 bridgehead atoms. The van der Waals surface area contributed by atoms with E-state index in [0.29, 0.717) is 0 Å². The van der Waals surface area contributed by atoms with Crippen LogP contribution in [-0.2, 0) is 13.1 Å². The van der Waals surface area contributed by atoms with Crippen LogP contribution < -0.4 is 52.9 Å². The fourth-order valence-electron chi connectivity index (χ4n) is 6.97. The Labute approximate surface area is 344 Å². The number of hydrogen-bond donors (Lipinski definition) is 0. The number of halogens is 2. The van der Waals surface area contributed by atoms with Crippen LogP contribution in [0.3, 0.4) is 0 Å². The van der Waals surface area contributed by atoms with Gasteiger partial charge in [-0.05, 0) is 101 Å². The van der Waals surface area contributed by atoms with Gasteiger partial charge in [0, 0.05) is 73.7 Å². The fraction of sp³-hybridized carbons (Fsp3) is 0.447. The number of unbranched alkanes of at least 4 members (excludes halogenated alkanes) is 8. The Morgan fingerprint density at radius 3 is 1.06 bits per heavy atom. The van der Waals surface area contributed by atoms with Crippen LogP contribution >= 0.6 is 0 Å². The molecule has 0 aliphatic heterocycles. The molecule has 0 amide bonds. The largest absolute Gasteiger partial charge is 1.00 e. The van der Waals surface area contributed by atoms with Gasteiger partial charge in [-0.2, -0.15) is 0 Å². The first-order valence-corrected chi connectivity index (χ1v) is 20.0. The van der Waals surface area contributed by atoms with Crippen LogP contribution in [0.15, 0.2) is 85.5 Å². The molecule has 0 unspecified atom stereocenters. The zero-order valence-electron chi connectivity index (χ0n) is 33.5. The van der Waals surface area contributed by atoms with Crippen molar-refractivity contribution in [1.82, 2.24) is 0 Å². The van der Waals surface area contributed by atoms with Gasteiger partial charge in [0.1, 0.15) is 13.1 Å². The third-order valence-electron chi connectivity index (χ3n) is 10.3. The number of aryl methyl sites for hydroxylation is 4. The minimum absolute atomic E-state index is 0. The van der Waals surface area contributed by atoms with Crippen LogP contribution in [0.2, 0.25) is 0 Å². The maximum absolute atomic E-state index is 2.38. The molecule has 0 fully saturated rings. The molecule has 288 valence electrons. The molecule has 0 aliphatic rings. The molecule has 0 saturated carbocycles. The minimum Gasteiger partial charge on any atom is -1.00 e. The average Bonchev–Trinajstić information content (AvgIpc) is 3.15. The van der Waals surface area contributed by atoms with E-state index in [1.807, 2.05) is 0 Å². The third-order valence-corrected chi connectivity index (χ3v) is 10.3. The first-order valence-electron chi connectivity index (χ1n) is 20.0. The molecule has 0 spiro atoms. The van der Waals surface area contributed by atoms with Gasteiger partial charge < -0.3 is 43.8 Å². The molecular formula is C47H66Br2N4. The maximum Gasteiger partial charge on any atom is 0.172 e. The summed E-state index contributed by atoms with van der Waals surface area (Å²) in [5, 5.41) is 0. The quantitative estimate of drug-likeness (QED) is 0.0806. The Hall–Kier alpha value is -3.22. The van der Waals surface area contributed by atoms with Crippen molar-refractivity contribution >= 4 is 35.7 Å². The highest BCUT2D eigenvalue weighted by Crippen LogP contribution is 2.19. The average molecular weight is 847 g/mol. The standard InChI is InChI=1S/C47H66N4.2BrH/c1-7-50(8-2)46-28-22-42(23-29-46)20-26-44-32-36-48(38-40(44)5)34-18-16-14-12-11-13-15-17-19-35-49-37-33-45(41(6)39-49)27-21-43-24-30-47(31-25-43)51(9-3)10-4;;/h20-33,36-39H,7-19,34-35H2,1-6H3;2*1H/q+2;;/p-2. The van der Waals surface area contributed by atoms with E-state index >= 15 is 0 Å². The van der Waals surface area contributed by atoms with E-state index in [0.717, 1.165) is 39.3 Å². The van der Waals surface area contributed by atoms with Crippen molar-refractivity contribution < 1.29 is 43.1 Å². The van der Waals surface area contributed by atoms with E-state index in [1.165, 1.54) is 103 Å². The Bertz CT molecular complexity index is 1520. The lowest BCUT2D eigenvalue weighted by molar-refractivity contribution is -0.697. The SMILES string of the molecule is CCN(CC)c1ccc(/C=C/c2cc[n+](CCCCCCCCCCC[n+]3ccc(/C=C/c4ccc(N(CC)CC)cc4)c(C)c3)cc2C)cc1.[Br-].[Br-]. The van der Waals surface area contributed by atoms with Gasteiger partial charge in [-0.1, -0.05) is 80.7 Å². The predicted octanol–water partition coefficient (Wildman–Crippen LogP) is 5.13. The van der Waals surface area contributed by atoms with Crippen LogP contribution in [0.5, 0.6) is 0 Å². The molecule has 0 aliphatic carbocycles. The normalized spacial score (nSPS) is 11.1. The lowest BCUT2D eigenvalue weighted by atomic mass is 10.1. The number of aromatic nitrogens is 2. The van der Waals surface area contributed by atoms with Crippen molar-refractivity contribution in [2.45, 2.75) is 112 Å². The van der Waals surface area contributed by atoms with E-state index in [2.05, 4.69) is 170 Å². The lowest BCUT2D eigenvalue weighted by Crippen LogP contribution is -3.00. The van der Waals surface area contributed by atoms with E-state index < -0.39 is 0 Å². The Morgan fingerprint density at radius 1 is 0.434 bits per heavy atom. The summed E-state index contributed by atoms with van der Waals surface area (Å²) in [6.07, 6.45) is 30.0. The molecule has 53 heavy (non-hydrogen) atoms. The smallest absolute Gasteiger partial charge is 0.172 e. The van der Waals surface area contributed by atoms with Crippen LogP contribution in [0.4, 0.5) is 11.4 Å². The number of nitrogens with zero attached hydrogens (tertiary/aromatic N) is 4. The lowest BCUT2D eigenvalue weighted by Gasteiger charge is -2.20. The number of rotatable bonds is 22. The first kappa shape index (κ1) is 45.9. The highest BCUT2D eigenvalue weighted by atomic mass is 79.9. The second kappa shape index (κ2) is 25.7. The van der Waals surface area contributed by atoms with Gasteiger partial charge in [0.15, 0.2) is 24.8 Å². The summed E-state index contributed by atoms with van der Waals surface area (Å²) >= 11 is 0. The van der Waals surface area contributed by atoms with Gasteiger partial charge >= 0.3 is 0 Å². The molecule has 4 nitrogen and oxygen atoms in total. The van der Waals surface area contributed by atoms with Crippen LogP contribution in [0.1, 0.15) is 119 Å². The molecule has 2 aromatic carbocycles. The van der Waals surface area contributed by atoms with Crippen molar-refractivity contribution in [3.63, 3.8) is 0 Å². The van der Waals surface area contributed by atoms with Crippen LogP contribution in [-0.4, -0.2) is 26.2 Å². The van der Waals surface area contributed by atoms with Gasteiger partial charge in [-0.25, -0.2) is 9.13 Å². The molecule has 2 heterocycles. The summed E-state index contributed by atoms with van der Waals surface area (Å²) in [6, 6.07) is 22.3. The van der Waals surface area contributed by atoms with E-state index in [9.17, 15) is 0 Å². The molecule has 4 aromatic rings. The molecule has 0 saturated heterocycles. The molecule has 4 rings (SSSR count). The number of pyridine rings is 2. The monoisotopic (exact) mass is 844 g/mol. The van der Waals surface area contributed by atoms with Crippen LogP contribution in [0.25, 0.3) is 24.3 Å². The van der Waals surface area contributed by atoms with Crippen molar-refractivity contribution in [3.8, 4) is 0 Å². The molecule has 6 heteroatoms. The highest BCUT2D eigenvalue weighted by molar-refractivity contribution is 5.72. The van der Waals surface area contributed by atoms with E-state index in [4.69, 9.17) is 0 Å². The topological polar surface area (TPSA) is 14.2 Å². The van der Waals surface area contributed by atoms with Crippen molar-refractivity contribution in [2.75, 3.05) is 36.0 Å². The molecule has 2 aromatic heterocycles. The zero-order chi connectivity index (χ0) is 36.3. The minimum atomic E-state index is 0. The summed E-state index contributed by atoms with van der Waals surface area (Å²) in [4.78, 5) is 4.76. The van der Waals surface area contributed by atoms with Gasteiger partial charge in [-0.15, -0.1) is 0 Å². The van der Waals surface area contributed by atoms with Gasteiger partial charge in [0.2, 0.25) is 0 Å². The summed E-state index contributed by atoms with van der Waals surface area (Å²) in [5.41, 5.74) is 10.3. The van der Waals surface area contributed by atoms with Crippen molar-refractivity contribution in [3.05, 3.63) is 119 Å². The Morgan fingerprint density at radius 2 is 0.755 bits per heavy atom. The number of anilines is 2. The number of benzene rings is 2. The second-order valence-electron chi connectivity index (χ2n) is 14.0. The number of hydrogen-bond acceptors (Lipinski definition) is 2. The summed E-state index contributed by atoms with van der Waals surface area (Å²) in [7, 11) is 0. The van der Waals surface area contributed by atoms with E-state index in [1.54, 1.807) is 0 Å². The molecule has 0 N–H and O–H groups in total. The predicted molar refractivity (Wildman–Crippen MR) is 222 cm³/mol. The third kappa shape index (κ3) is 15.6. The summed E-state index contributed by atoms with van der Waals surface area (Å²) < 4.78 is 4.73. The first-order chi connectivity index (χ1) is 24.9. The van der Waals surface area contributed by atoms with Crippen molar-refractivity contribution in [1.29, 1.82) is 0 Å². The summed E-state index contributed by atoms with van der Waals surface area (Å²) in [6.45, 7) is 19.7. The highest BCUT2D eigenvalue weighted by Gasteiger charge is 2.07. The van der Waals surface area contributed by atoms with E-state index in [-0.39, 0.29) is 34.0 Å². The van der Waals surface area contributed by atoms with Gasteiger partial charge in [-0.3, -0.25) is 0 Å². The summed E-state index contributed by atoms with van der Waals surface area (Å²) in [5.74, 6) is 0. The molecular weight excluding hydrogens is 780 g/mol. The van der Waals surface area contributed by atoms with Gasteiger partial charge in [0.05, 0.1) is 0 Å². The van der Waals surface area contributed by atoms with Gasteiger partial charge in [0.25, 0.3) is 0 Å². The van der Waals surface area contributed by atoms with Crippen molar-refractivity contribution in [2.24, 2.45) is 0 Å². The Balaban J connectivity index is 0.00000486. The fourth-order valence-corrected chi connectivity index (χ4v) is 6.97. The van der Waals surface area contributed by atoms with Crippen LogP contribution in [0, 0.1) is 13.8 Å². The Kier molecular flexibility index (Phi) is 22.3. The maximum atomic E-state index is 2.38. The zero-order valence-corrected chi connectivity index (χ0v) is 36.7. The molecule has 0 radical (unpaired) electrons. The molecule has 0 atom stereocenters. The second-order valence-corrected chi connectivity index (χ2v) is 14.0.